The predicted octanol–water partition coefficient (Wildman–Crippen LogP) is 5.22. The number of amides is 1. The SMILES string of the molecule is Cc1ccc(-c2noc(C3CCN(C(=O)c4ccc5ccccc5c4)CC3)n2)cc1. The number of aryl methyl sites for hydroxylation is 1. The van der Waals surface area contributed by atoms with Gasteiger partial charge in [-0.25, -0.2) is 0 Å². The van der Waals surface area contributed by atoms with Crippen molar-refractivity contribution in [2.75, 3.05) is 13.1 Å². The van der Waals surface area contributed by atoms with Crippen LogP contribution in [0, 0.1) is 6.92 Å². The van der Waals surface area contributed by atoms with Crippen LogP contribution in [0.25, 0.3) is 22.2 Å². The van der Waals surface area contributed by atoms with Crippen LogP contribution in [-0.2, 0) is 0 Å². The molecule has 0 unspecified atom stereocenters. The molecule has 1 aliphatic heterocycles. The van der Waals surface area contributed by atoms with Gasteiger partial charge >= 0.3 is 0 Å². The van der Waals surface area contributed by atoms with Crippen molar-refractivity contribution in [1.29, 1.82) is 0 Å². The Labute approximate surface area is 175 Å². The van der Waals surface area contributed by atoms with Crippen LogP contribution in [0.2, 0.25) is 0 Å². The maximum atomic E-state index is 13.0. The Balaban J connectivity index is 1.26. The number of carbonyl (C=O) groups is 1. The maximum absolute atomic E-state index is 13.0. The lowest BCUT2D eigenvalue weighted by Crippen LogP contribution is -2.38. The minimum absolute atomic E-state index is 0.0880. The molecule has 5 heteroatoms. The summed E-state index contributed by atoms with van der Waals surface area (Å²) in [6, 6.07) is 22.1. The number of piperidine rings is 1. The van der Waals surface area contributed by atoms with Crippen LogP contribution in [0.5, 0.6) is 0 Å². The summed E-state index contributed by atoms with van der Waals surface area (Å²) in [5.41, 5.74) is 2.90. The molecule has 1 aliphatic rings. The Morgan fingerprint density at radius 1 is 0.967 bits per heavy atom. The van der Waals surface area contributed by atoms with Gasteiger partial charge in [0.1, 0.15) is 0 Å². The zero-order valence-corrected chi connectivity index (χ0v) is 16.9. The molecule has 0 radical (unpaired) electrons. The van der Waals surface area contributed by atoms with E-state index in [1.807, 2.05) is 65.6 Å². The van der Waals surface area contributed by atoms with E-state index >= 15 is 0 Å². The van der Waals surface area contributed by atoms with E-state index in [1.165, 1.54) is 5.56 Å². The lowest BCUT2D eigenvalue weighted by molar-refractivity contribution is 0.0704. The molecule has 150 valence electrons. The van der Waals surface area contributed by atoms with E-state index in [0.29, 0.717) is 24.8 Å². The van der Waals surface area contributed by atoms with Gasteiger partial charge in [-0.3, -0.25) is 4.79 Å². The van der Waals surface area contributed by atoms with Crippen LogP contribution in [0.4, 0.5) is 0 Å². The van der Waals surface area contributed by atoms with Gasteiger partial charge in [-0.15, -0.1) is 0 Å². The second kappa shape index (κ2) is 7.75. The molecule has 0 spiro atoms. The van der Waals surface area contributed by atoms with Crippen molar-refractivity contribution in [2.24, 2.45) is 0 Å². The Hall–Kier alpha value is -3.47. The van der Waals surface area contributed by atoms with Gasteiger partial charge in [-0.1, -0.05) is 65.3 Å². The van der Waals surface area contributed by atoms with E-state index in [2.05, 4.69) is 23.1 Å². The molecule has 1 fully saturated rings. The second-order valence-corrected chi connectivity index (χ2v) is 7.95. The molecular formula is C25H23N3O2. The summed E-state index contributed by atoms with van der Waals surface area (Å²) in [4.78, 5) is 19.5. The minimum Gasteiger partial charge on any atom is -0.339 e. The molecule has 0 atom stereocenters. The van der Waals surface area contributed by atoms with E-state index in [4.69, 9.17) is 4.52 Å². The third-order valence-electron chi connectivity index (χ3n) is 5.88. The summed E-state index contributed by atoms with van der Waals surface area (Å²) in [6.45, 7) is 3.44. The van der Waals surface area contributed by atoms with Crippen LogP contribution in [0.1, 0.15) is 40.6 Å². The average Bonchev–Trinajstić information content (AvgIpc) is 3.29. The quantitative estimate of drug-likeness (QED) is 0.476. The third-order valence-corrected chi connectivity index (χ3v) is 5.88. The Bertz CT molecular complexity index is 1190. The lowest BCUT2D eigenvalue weighted by atomic mass is 9.96. The van der Waals surface area contributed by atoms with Gasteiger partial charge in [-0.05, 0) is 42.7 Å². The normalized spacial score (nSPS) is 14.9. The number of likely N-dealkylation sites (tertiary alicyclic amines) is 1. The number of benzene rings is 3. The van der Waals surface area contributed by atoms with Crippen LogP contribution in [-0.4, -0.2) is 34.0 Å². The van der Waals surface area contributed by atoms with Gasteiger partial charge < -0.3 is 9.42 Å². The zero-order chi connectivity index (χ0) is 20.5. The molecular weight excluding hydrogens is 374 g/mol. The average molecular weight is 397 g/mol. The highest BCUT2D eigenvalue weighted by Gasteiger charge is 2.28. The van der Waals surface area contributed by atoms with Gasteiger partial charge in [0.15, 0.2) is 0 Å². The number of hydrogen-bond acceptors (Lipinski definition) is 4. The molecule has 30 heavy (non-hydrogen) atoms. The van der Waals surface area contributed by atoms with E-state index in [1.54, 1.807) is 0 Å². The van der Waals surface area contributed by atoms with Crippen molar-refractivity contribution in [3.8, 4) is 11.4 Å². The monoisotopic (exact) mass is 397 g/mol. The molecule has 2 heterocycles. The van der Waals surface area contributed by atoms with Crippen molar-refractivity contribution in [2.45, 2.75) is 25.7 Å². The van der Waals surface area contributed by atoms with E-state index in [9.17, 15) is 4.79 Å². The summed E-state index contributed by atoms with van der Waals surface area (Å²) in [5.74, 6) is 1.57. The van der Waals surface area contributed by atoms with Crippen molar-refractivity contribution < 1.29 is 9.32 Å². The third kappa shape index (κ3) is 3.59. The first-order valence-corrected chi connectivity index (χ1v) is 10.4. The minimum atomic E-state index is 0.0880. The fourth-order valence-corrected chi connectivity index (χ4v) is 4.06. The molecule has 0 saturated carbocycles. The number of fused-ring (bicyclic) bond motifs is 1. The highest BCUT2D eigenvalue weighted by molar-refractivity contribution is 5.98. The van der Waals surface area contributed by atoms with E-state index < -0.39 is 0 Å². The summed E-state index contributed by atoms with van der Waals surface area (Å²) in [7, 11) is 0. The van der Waals surface area contributed by atoms with Crippen molar-refractivity contribution in [1.82, 2.24) is 15.0 Å². The van der Waals surface area contributed by atoms with Gasteiger partial charge in [0, 0.05) is 30.1 Å². The first-order chi connectivity index (χ1) is 14.7. The van der Waals surface area contributed by atoms with Gasteiger partial charge in [-0.2, -0.15) is 4.98 Å². The molecule has 5 nitrogen and oxygen atoms in total. The second-order valence-electron chi connectivity index (χ2n) is 7.95. The zero-order valence-electron chi connectivity index (χ0n) is 16.9. The van der Waals surface area contributed by atoms with Crippen molar-refractivity contribution in [3.63, 3.8) is 0 Å². The number of hydrogen-bond donors (Lipinski definition) is 0. The van der Waals surface area contributed by atoms with Crippen LogP contribution < -0.4 is 0 Å². The lowest BCUT2D eigenvalue weighted by Gasteiger charge is -2.30. The molecule has 0 bridgehead atoms. The molecule has 0 aliphatic carbocycles. The van der Waals surface area contributed by atoms with E-state index in [0.717, 1.165) is 34.7 Å². The number of nitrogens with zero attached hydrogens (tertiary/aromatic N) is 3. The Morgan fingerprint density at radius 2 is 1.70 bits per heavy atom. The molecule has 1 amide bonds. The predicted molar refractivity (Wildman–Crippen MR) is 116 cm³/mol. The summed E-state index contributed by atoms with van der Waals surface area (Å²) < 4.78 is 5.55. The van der Waals surface area contributed by atoms with Crippen molar-refractivity contribution >= 4 is 16.7 Å². The Morgan fingerprint density at radius 3 is 2.47 bits per heavy atom. The molecule has 0 N–H and O–H groups in total. The fraction of sp³-hybridized carbons (Fsp3) is 0.240. The highest BCUT2D eigenvalue weighted by atomic mass is 16.5. The van der Waals surface area contributed by atoms with Gasteiger partial charge in [0.25, 0.3) is 5.91 Å². The summed E-state index contributed by atoms with van der Waals surface area (Å²) in [6.07, 6.45) is 1.66. The number of aromatic nitrogens is 2. The topological polar surface area (TPSA) is 59.2 Å². The van der Waals surface area contributed by atoms with Crippen molar-refractivity contribution in [3.05, 3.63) is 83.7 Å². The fourth-order valence-electron chi connectivity index (χ4n) is 4.06. The first-order valence-electron chi connectivity index (χ1n) is 10.4. The highest BCUT2D eigenvalue weighted by Crippen LogP contribution is 2.29. The number of rotatable bonds is 3. The maximum Gasteiger partial charge on any atom is 0.253 e. The smallest absolute Gasteiger partial charge is 0.253 e. The number of carbonyl (C=O) groups excluding carboxylic acids is 1. The molecule has 1 saturated heterocycles. The van der Waals surface area contributed by atoms with Gasteiger partial charge in [0.2, 0.25) is 11.7 Å². The summed E-state index contributed by atoms with van der Waals surface area (Å²) in [5, 5.41) is 6.39. The van der Waals surface area contributed by atoms with E-state index in [-0.39, 0.29) is 11.8 Å². The molecule has 4 aromatic rings. The van der Waals surface area contributed by atoms with Gasteiger partial charge in [0.05, 0.1) is 0 Å². The van der Waals surface area contributed by atoms with Crippen LogP contribution >= 0.6 is 0 Å². The van der Waals surface area contributed by atoms with Crippen LogP contribution in [0.3, 0.4) is 0 Å². The Kier molecular flexibility index (Phi) is 4.79. The van der Waals surface area contributed by atoms with Crippen LogP contribution in [0.15, 0.2) is 71.3 Å². The molecule has 1 aromatic heterocycles. The molecule has 3 aromatic carbocycles. The summed E-state index contributed by atoms with van der Waals surface area (Å²) >= 11 is 0. The molecule has 5 rings (SSSR count). The first kappa shape index (κ1) is 18.6. The largest absolute Gasteiger partial charge is 0.339 e. The standard InChI is InChI=1S/C25H23N3O2/c1-17-6-8-19(9-7-17)23-26-24(30-27-23)20-12-14-28(15-13-20)25(29)22-11-10-18-4-2-3-5-21(18)16-22/h2-11,16,20H,12-15H2,1H3.